The van der Waals surface area contributed by atoms with Gasteiger partial charge >= 0.3 is 6.01 Å². The minimum atomic E-state index is -0.535. The summed E-state index contributed by atoms with van der Waals surface area (Å²) in [5.41, 5.74) is 0.672. The Balaban J connectivity index is 1.75. The summed E-state index contributed by atoms with van der Waals surface area (Å²) in [6.45, 7) is 3.99. The van der Waals surface area contributed by atoms with Crippen LogP contribution in [0.15, 0.2) is 40.9 Å². The Morgan fingerprint density at radius 2 is 2.13 bits per heavy atom. The second-order valence-corrected chi connectivity index (χ2v) is 5.15. The first-order chi connectivity index (χ1) is 11.0. The minimum Gasteiger partial charge on any atom is -0.401 e. The highest BCUT2D eigenvalue weighted by molar-refractivity contribution is 6.03. The smallest absolute Gasteiger partial charge is 0.322 e. The molecule has 0 aliphatic carbocycles. The van der Waals surface area contributed by atoms with Gasteiger partial charge in [0.05, 0.1) is 0 Å². The van der Waals surface area contributed by atoms with E-state index >= 15 is 0 Å². The van der Waals surface area contributed by atoms with Gasteiger partial charge in [0.1, 0.15) is 11.5 Å². The van der Waals surface area contributed by atoms with Crippen LogP contribution in [0.4, 0.5) is 10.4 Å². The number of anilines is 1. The van der Waals surface area contributed by atoms with E-state index in [-0.39, 0.29) is 23.5 Å². The molecule has 0 atom stereocenters. The van der Waals surface area contributed by atoms with E-state index in [1.807, 2.05) is 13.8 Å². The number of carbonyl (C=O) groups excluding carboxylic acids is 1. The summed E-state index contributed by atoms with van der Waals surface area (Å²) in [4.78, 5) is 12.0. The molecule has 0 aliphatic heterocycles. The molecule has 118 valence electrons. The molecule has 0 saturated carbocycles. The molecule has 0 saturated heterocycles. The molecule has 3 aromatic rings. The predicted octanol–water partition coefficient (Wildman–Crippen LogP) is 2.91. The van der Waals surface area contributed by atoms with E-state index in [0.717, 1.165) is 6.07 Å². The summed E-state index contributed by atoms with van der Waals surface area (Å²) in [6.07, 6.45) is 1.80. The average Bonchev–Trinajstić information content (AvgIpc) is 3.15. The highest BCUT2D eigenvalue weighted by Crippen LogP contribution is 2.19. The van der Waals surface area contributed by atoms with Gasteiger partial charge in [0.15, 0.2) is 0 Å². The molecule has 23 heavy (non-hydrogen) atoms. The van der Waals surface area contributed by atoms with Crippen LogP contribution in [0.5, 0.6) is 0 Å². The summed E-state index contributed by atoms with van der Waals surface area (Å²) >= 11 is 0. The quantitative estimate of drug-likeness (QED) is 0.800. The van der Waals surface area contributed by atoms with Crippen molar-refractivity contribution in [3.05, 3.63) is 47.9 Å². The summed E-state index contributed by atoms with van der Waals surface area (Å²) in [6, 6.07) is 7.18. The molecule has 0 spiro atoms. The highest BCUT2D eigenvalue weighted by Gasteiger charge is 2.15. The number of hydrogen-bond acceptors (Lipinski definition) is 5. The van der Waals surface area contributed by atoms with Gasteiger partial charge in [-0.25, -0.2) is 4.39 Å². The molecule has 0 aliphatic rings. The van der Waals surface area contributed by atoms with Gasteiger partial charge in [-0.05, 0) is 38.1 Å². The maximum atomic E-state index is 13.1. The molecule has 2 aromatic heterocycles. The molecule has 1 amide bonds. The van der Waals surface area contributed by atoms with E-state index in [9.17, 15) is 9.18 Å². The van der Waals surface area contributed by atoms with Crippen molar-refractivity contribution in [1.82, 2.24) is 20.0 Å². The maximum absolute atomic E-state index is 13.1. The highest BCUT2D eigenvalue weighted by atomic mass is 19.1. The Hall–Kier alpha value is -3.03. The molecule has 3 rings (SSSR count). The van der Waals surface area contributed by atoms with Crippen LogP contribution < -0.4 is 5.32 Å². The van der Waals surface area contributed by atoms with Gasteiger partial charge in [0.2, 0.25) is 0 Å². The van der Waals surface area contributed by atoms with Crippen LogP contribution in [0.2, 0.25) is 0 Å². The number of aromatic nitrogens is 4. The van der Waals surface area contributed by atoms with Crippen molar-refractivity contribution in [2.24, 2.45) is 0 Å². The lowest BCUT2D eigenvalue weighted by Gasteiger charge is -2.02. The Labute approximate surface area is 131 Å². The third-order valence-corrected chi connectivity index (χ3v) is 3.09. The first kappa shape index (κ1) is 14.9. The lowest BCUT2D eigenvalue weighted by molar-refractivity contribution is 0.102. The first-order valence-corrected chi connectivity index (χ1v) is 6.99. The fourth-order valence-electron chi connectivity index (χ4n) is 1.92. The van der Waals surface area contributed by atoms with E-state index in [1.54, 1.807) is 16.9 Å². The zero-order valence-corrected chi connectivity index (χ0v) is 12.5. The number of hydrogen-bond donors (Lipinski definition) is 1. The Kier molecular flexibility index (Phi) is 3.88. The third-order valence-electron chi connectivity index (χ3n) is 3.09. The van der Waals surface area contributed by atoms with Crippen molar-refractivity contribution in [2.75, 3.05) is 5.32 Å². The van der Waals surface area contributed by atoms with Crippen LogP contribution in [0, 0.1) is 5.82 Å². The first-order valence-electron chi connectivity index (χ1n) is 6.99. The van der Waals surface area contributed by atoms with Crippen LogP contribution in [0.25, 0.3) is 11.6 Å². The normalized spacial score (nSPS) is 11.0. The van der Waals surface area contributed by atoms with Crippen molar-refractivity contribution < 1.29 is 13.6 Å². The Bertz CT molecular complexity index is 840. The summed E-state index contributed by atoms with van der Waals surface area (Å²) in [5, 5.41) is 14.3. The number of rotatable bonds is 4. The van der Waals surface area contributed by atoms with Crippen LogP contribution in [0.1, 0.15) is 30.2 Å². The van der Waals surface area contributed by atoms with Gasteiger partial charge in [0, 0.05) is 17.8 Å². The van der Waals surface area contributed by atoms with Crippen molar-refractivity contribution in [3.8, 4) is 11.6 Å². The Morgan fingerprint density at radius 3 is 2.83 bits per heavy atom. The lowest BCUT2D eigenvalue weighted by Crippen LogP contribution is -2.12. The largest absolute Gasteiger partial charge is 0.401 e. The number of amides is 1. The summed E-state index contributed by atoms with van der Waals surface area (Å²) < 4.78 is 20.2. The second kappa shape index (κ2) is 5.99. The summed E-state index contributed by atoms with van der Waals surface area (Å²) in [5.74, 6) is -0.838. The molecule has 0 unspecified atom stereocenters. The lowest BCUT2D eigenvalue weighted by atomic mass is 10.2. The van der Waals surface area contributed by atoms with Crippen LogP contribution in [0.3, 0.4) is 0 Å². The second-order valence-electron chi connectivity index (χ2n) is 5.15. The van der Waals surface area contributed by atoms with E-state index in [0.29, 0.717) is 5.69 Å². The van der Waals surface area contributed by atoms with Crippen LogP contribution >= 0.6 is 0 Å². The fourth-order valence-corrected chi connectivity index (χ4v) is 1.92. The van der Waals surface area contributed by atoms with Gasteiger partial charge in [-0.1, -0.05) is 11.2 Å². The molecule has 1 N–H and O–H groups in total. The average molecular weight is 315 g/mol. The monoisotopic (exact) mass is 315 g/mol. The molecule has 2 heterocycles. The van der Waals surface area contributed by atoms with E-state index in [1.165, 1.54) is 18.2 Å². The molecule has 0 bridgehead atoms. The third kappa shape index (κ3) is 3.25. The van der Waals surface area contributed by atoms with Gasteiger partial charge < -0.3 is 4.42 Å². The van der Waals surface area contributed by atoms with Gasteiger partial charge in [-0.15, -0.1) is 5.10 Å². The van der Waals surface area contributed by atoms with Gasteiger partial charge in [-0.3, -0.25) is 14.8 Å². The SMILES string of the molecule is CC(C)n1ccc(-c2nnc(NC(=O)c3cccc(F)c3)o2)n1. The number of nitrogens with one attached hydrogen (secondary N) is 1. The van der Waals surface area contributed by atoms with E-state index < -0.39 is 11.7 Å². The van der Waals surface area contributed by atoms with Crippen molar-refractivity contribution in [1.29, 1.82) is 0 Å². The van der Waals surface area contributed by atoms with Gasteiger partial charge in [0.25, 0.3) is 11.8 Å². The predicted molar refractivity (Wildman–Crippen MR) is 80.3 cm³/mol. The number of halogens is 1. The van der Waals surface area contributed by atoms with Gasteiger partial charge in [-0.2, -0.15) is 5.10 Å². The molecule has 8 heteroatoms. The Morgan fingerprint density at radius 1 is 1.30 bits per heavy atom. The minimum absolute atomic E-state index is 0.0756. The summed E-state index contributed by atoms with van der Waals surface area (Å²) in [7, 11) is 0. The molecule has 1 aromatic carbocycles. The standard InChI is InChI=1S/C15H14FN5O2/c1-9(2)21-7-6-12(20-21)14-18-19-15(23-14)17-13(22)10-4-3-5-11(16)8-10/h3-9H,1-2H3,(H,17,19,22). The fraction of sp³-hybridized carbons (Fsp3) is 0.200. The van der Waals surface area contributed by atoms with Crippen molar-refractivity contribution in [3.63, 3.8) is 0 Å². The number of benzene rings is 1. The topological polar surface area (TPSA) is 85.8 Å². The van der Waals surface area contributed by atoms with E-state index in [2.05, 4.69) is 20.6 Å². The molecule has 0 radical (unpaired) electrons. The zero-order chi connectivity index (χ0) is 16.4. The molecular weight excluding hydrogens is 301 g/mol. The zero-order valence-electron chi connectivity index (χ0n) is 12.5. The number of nitrogens with zero attached hydrogens (tertiary/aromatic N) is 4. The van der Waals surface area contributed by atoms with Crippen molar-refractivity contribution >= 4 is 11.9 Å². The van der Waals surface area contributed by atoms with Crippen LogP contribution in [-0.4, -0.2) is 25.9 Å². The van der Waals surface area contributed by atoms with Crippen molar-refractivity contribution in [2.45, 2.75) is 19.9 Å². The van der Waals surface area contributed by atoms with E-state index in [4.69, 9.17) is 4.42 Å². The molecule has 0 fully saturated rings. The van der Waals surface area contributed by atoms with Crippen LogP contribution in [-0.2, 0) is 0 Å². The molecule has 7 nitrogen and oxygen atoms in total. The molecular formula is C15H14FN5O2. The maximum Gasteiger partial charge on any atom is 0.322 e. The number of carbonyl (C=O) groups is 1.